The molecule has 3 rings (SSSR count). The molecule has 0 aliphatic carbocycles. The zero-order valence-electron chi connectivity index (χ0n) is 12.2. The molecule has 106 valence electrons. The van der Waals surface area contributed by atoms with Crippen molar-refractivity contribution in [3.05, 3.63) is 41.2 Å². The van der Waals surface area contributed by atoms with Crippen LogP contribution in [0.4, 0.5) is 0 Å². The molecule has 0 spiro atoms. The molecule has 1 aromatic heterocycles. The van der Waals surface area contributed by atoms with E-state index in [1.54, 1.807) is 0 Å². The van der Waals surface area contributed by atoms with Gasteiger partial charge in [0.25, 0.3) is 0 Å². The Morgan fingerprint density at radius 2 is 2.00 bits per heavy atom. The zero-order chi connectivity index (χ0) is 13.9. The summed E-state index contributed by atoms with van der Waals surface area (Å²) in [5, 5.41) is 4.70. The van der Waals surface area contributed by atoms with Crippen LogP contribution in [0.1, 0.15) is 43.1 Å². The lowest BCUT2D eigenvalue weighted by Crippen LogP contribution is -2.11. The Bertz CT molecular complexity index is 581. The van der Waals surface area contributed by atoms with E-state index in [4.69, 9.17) is 10.8 Å². The summed E-state index contributed by atoms with van der Waals surface area (Å²) in [7, 11) is 0. The van der Waals surface area contributed by atoms with Gasteiger partial charge < -0.3 is 5.73 Å². The lowest BCUT2D eigenvalue weighted by atomic mass is 9.97. The van der Waals surface area contributed by atoms with Gasteiger partial charge in [-0.2, -0.15) is 5.10 Å². The van der Waals surface area contributed by atoms with Crippen molar-refractivity contribution in [2.24, 2.45) is 5.73 Å². The molecule has 3 nitrogen and oxygen atoms in total. The predicted molar refractivity (Wildman–Crippen MR) is 82.5 cm³/mol. The van der Waals surface area contributed by atoms with Crippen LogP contribution in [-0.2, 0) is 25.9 Å². The molecular formula is C17H23N3. The van der Waals surface area contributed by atoms with E-state index in [1.807, 2.05) is 0 Å². The van der Waals surface area contributed by atoms with Gasteiger partial charge in [0, 0.05) is 24.3 Å². The summed E-state index contributed by atoms with van der Waals surface area (Å²) in [6, 6.07) is 8.95. The highest BCUT2D eigenvalue weighted by molar-refractivity contribution is 5.69. The third kappa shape index (κ3) is 2.38. The van der Waals surface area contributed by atoms with Gasteiger partial charge >= 0.3 is 0 Å². The van der Waals surface area contributed by atoms with Gasteiger partial charge in [-0.25, -0.2) is 0 Å². The molecule has 2 N–H and O–H groups in total. The summed E-state index contributed by atoms with van der Waals surface area (Å²) in [4.78, 5) is 0. The smallest absolute Gasteiger partial charge is 0.0841 e. The first-order valence-corrected chi connectivity index (χ1v) is 7.71. The first kappa shape index (κ1) is 13.4. The van der Waals surface area contributed by atoms with Crippen molar-refractivity contribution in [2.75, 3.05) is 0 Å². The highest BCUT2D eigenvalue weighted by Gasteiger charge is 2.20. The van der Waals surface area contributed by atoms with Crippen molar-refractivity contribution in [3.8, 4) is 11.1 Å². The SMILES string of the molecule is CCCc1ccc(-c2c(CN)nn3c2CCCC3)cc1. The molecule has 20 heavy (non-hydrogen) atoms. The number of aryl methyl sites for hydroxylation is 2. The van der Waals surface area contributed by atoms with E-state index in [1.165, 1.54) is 41.6 Å². The third-order valence-electron chi connectivity index (χ3n) is 4.14. The topological polar surface area (TPSA) is 43.8 Å². The molecule has 0 radical (unpaired) electrons. The molecule has 0 unspecified atom stereocenters. The van der Waals surface area contributed by atoms with Crippen molar-refractivity contribution in [3.63, 3.8) is 0 Å². The minimum Gasteiger partial charge on any atom is -0.325 e. The number of hydrogen-bond donors (Lipinski definition) is 1. The van der Waals surface area contributed by atoms with E-state index in [0.29, 0.717) is 6.54 Å². The van der Waals surface area contributed by atoms with Crippen LogP contribution in [0.2, 0.25) is 0 Å². The Morgan fingerprint density at radius 1 is 1.20 bits per heavy atom. The Labute approximate surface area is 120 Å². The molecular weight excluding hydrogens is 246 g/mol. The maximum atomic E-state index is 5.90. The molecule has 0 saturated carbocycles. The second-order valence-electron chi connectivity index (χ2n) is 5.60. The van der Waals surface area contributed by atoms with Gasteiger partial charge in [0.1, 0.15) is 0 Å². The average molecular weight is 269 g/mol. The van der Waals surface area contributed by atoms with Gasteiger partial charge in [0.15, 0.2) is 0 Å². The predicted octanol–water partition coefficient (Wildman–Crippen LogP) is 3.30. The van der Waals surface area contributed by atoms with Crippen molar-refractivity contribution in [1.29, 1.82) is 0 Å². The summed E-state index contributed by atoms with van der Waals surface area (Å²) < 4.78 is 2.17. The first-order valence-electron chi connectivity index (χ1n) is 7.71. The molecule has 2 aromatic rings. The van der Waals surface area contributed by atoms with Crippen molar-refractivity contribution < 1.29 is 0 Å². The van der Waals surface area contributed by atoms with Crippen LogP contribution in [0.3, 0.4) is 0 Å². The highest BCUT2D eigenvalue weighted by atomic mass is 15.3. The van der Waals surface area contributed by atoms with E-state index in [0.717, 1.165) is 25.1 Å². The van der Waals surface area contributed by atoms with Crippen LogP contribution in [0, 0.1) is 0 Å². The number of fused-ring (bicyclic) bond motifs is 1. The molecule has 1 aliphatic heterocycles. The number of aromatic nitrogens is 2. The summed E-state index contributed by atoms with van der Waals surface area (Å²) in [6.07, 6.45) is 5.95. The summed E-state index contributed by atoms with van der Waals surface area (Å²) in [5.74, 6) is 0. The second-order valence-corrected chi connectivity index (χ2v) is 5.60. The number of hydrogen-bond acceptors (Lipinski definition) is 2. The highest BCUT2D eigenvalue weighted by Crippen LogP contribution is 2.31. The van der Waals surface area contributed by atoms with Crippen molar-refractivity contribution in [2.45, 2.75) is 52.1 Å². The molecule has 2 heterocycles. The Morgan fingerprint density at radius 3 is 2.70 bits per heavy atom. The van der Waals surface area contributed by atoms with E-state index in [9.17, 15) is 0 Å². The minimum absolute atomic E-state index is 0.520. The lowest BCUT2D eigenvalue weighted by Gasteiger charge is -2.15. The van der Waals surface area contributed by atoms with Crippen LogP contribution < -0.4 is 5.73 Å². The Balaban J connectivity index is 2.02. The summed E-state index contributed by atoms with van der Waals surface area (Å²) >= 11 is 0. The quantitative estimate of drug-likeness (QED) is 0.925. The van der Waals surface area contributed by atoms with E-state index >= 15 is 0 Å². The van der Waals surface area contributed by atoms with E-state index < -0.39 is 0 Å². The normalized spacial score (nSPS) is 14.3. The molecule has 0 fully saturated rings. The van der Waals surface area contributed by atoms with Gasteiger partial charge in [0.2, 0.25) is 0 Å². The van der Waals surface area contributed by atoms with Crippen molar-refractivity contribution in [1.82, 2.24) is 9.78 Å². The van der Waals surface area contributed by atoms with Gasteiger partial charge in [-0.15, -0.1) is 0 Å². The molecule has 0 bridgehead atoms. The molecule has 1 aliphatic rings. The van der Waals surface area contributed by atoms with Gasteiger partial charge in [-0.3, -0.25) is 4.68 Å². The van der Waals surface area contributed by atoms with Crippen LogP contribution in [-0.4, -0.2) is 9.78 Å². The van der Waals surface area contributed by atoms with Gasteiger partial charge in [-0.05, 0) is 36.8 Å². The minimum atomic E-state index is 0.520. The second kappa shape index (κ2) is 5.80. The maximum Gasteiger partial charge on any atom is 0.0841 e. The molecule has 1 aromatic carbocycles. The first-order chi connectivity index (χ1) is 9.83. The van der Waals surface area contributed by atoms with Crippen LogP contribution >= 0.6 is 0 Å². The zero-order valence-corrected chi connectivity index (χ0v) is 12.2. The van der Waals surface area contributed by atoms with E-state index in [2.05, 4.69) is 35.9 Å². The van der Waals surface area contributed by atoms with E-state index in [-0.39, 0.29) is 0 Å². The Hall–Kier alpha value is -1.61. The fraction of sp³-hybridized carbons (Fsp3) is 0.471. The Kier molecular flexibility index (Phi) is 3.88. The van der Waals surface area contributed by atoms with Crippen LogP contribution in [0.25, 0.3) is 11.1 Å². The summed E-state index contributed by atoms with van der Waals surface area (Å²) in [6.45, 7) is 3.77. The number of nitrogens with zero attached hydrogens (tertiary/aromatic N) is 2. The van der Waals surface area contributed by atoms with Crippen LogP contribution in [0.15, 0.2) is 24.3 Å². The fourth-order valence-corrected chi connectivity index (χ4v) is 3.15. The van der Waals surface area contributed by atoms with Gasteiger partial charge in [-0.1, -0.05) is 37.6 Å². The molecule has 3 heteroatoms. The lowest BCUT2D eigenvalue weighted by molar-refractivity contribution is 0.484. The molecule has 0 amide bonds. The monoisotopic (exact) mass is 269 g/mol. The number of rotatable bonds is 4. The van der Waals surface area contributed by atoms with Crippen LogP contribution in [0.5, 0.6) is 0 Å². The average Bonchev–Trinajstić information content (AvgIpc) is 2.87. The number of benzene rings is 1. The van der Waals surface area contributed by atoms with Crippen molar-refractivity contribution >= 4 is 0 Å². The third-order valence-corrected chi connectivity index (χ3v) is 4.14. The standard InChI is InChI=1S/C17H23N3/c1-2-5-13-7-9-14(10-8-13)17-15(12-18)19-20-11-4-3-6-16(17)20/h7-10H,2-6,11-12,18H2,1H3. The van der Waals surface area contributed by atoms with Gasteiger partial charge in [0.05, 0.1) is 5.69 Å². The fourth-order valence-electron chi connectivity index (χ4n) is 3.15. The maximum absolute atomic E-state index is 5.90. The summed E-state index contributed by atoms with van der Waals surface area (Å²) in [5.41, 5.74) is 12.3. The molecule has 0 saturated heterocycles. The molecule has 0 atom stereocenters. The largest absolute Gasteiger partial charge is 0.325 e. The number of nitrogens with two attached hydrogens (primary N) is 1.